The summed E-state index contributed by atoms with van der Waals surface area (Å²) in [5.74, 6) is -0.110. The highest BCUT2D eigenvalue weighted by atomic mass is 16.5. The fourth-order valence-electron chi connectivity index (χ4n) is 3.31. The number of carbonyl (C=O) groups is 2. The number of nitrogens with zero attached hydrogens (tertiary/aromatic N) is 1. The van der Waals surface area contributed by atoms with Crippen LogP contribution in [0.3, 0.4) is 0 Å². The molecule has 3 rings (SSSR count). The van der Waals surface area contributed by atoms with E-state index in [1.54, 1.807) is 32.4 Å². The van der Waals surface area contributed by atoms with Crippen LogP contribution in [0.2, 0.25) is 0 Å². The van der Waals surface area contributed by atoms with E-state index in [1.165, 1.54) is 4.90 Å². The number of H-pyrrole nitrogens is 1. The third-order valence-corrected chi connectivity index (χ3v) is 4.75. The Kier molecular flexibility index (Phi) is 6.39. The van der Waals surface area contributed by atoms with Crippen molar-refractivity contribution in [2.45, 2.75) is 19.4 Å². The number of ether oxygens (including phenoxy) is 2. The molecule has 3 aromatic rings. The van der Waals surface area contributed by atoms with Gasteiger partial charge in [0.05, 0.1) is 14.2 Å². The van der Waals surface area contributed by atoms with E-state index in [0.29, 0.717) is 17.9 Å². The average Bonchev–Trinajstić information content (AvgIpc) is 3.14. The second-order valence-corrected chi connectivity index (χ2v) is 6.72. The van der Waals surface area contributed by atoms with Crippen LogP contribution >= 0.6 is 0 Å². The van der Waals surface area contributed by atoms with E-state index in [9.17, 15) is 14.7 Å². The zero-order chi connectivity index (χ0) is 20.8. The second-order valence-electron chi connectivity index (χ2n) is 6.72. The molecule has 0 saturated carbocycles. The topological polar surface area (TPSA) is 91.9 Å². The largest absolute Gasteiger partial charge is 0.497 e. The van der Waals surface area contributed by atoms with Gasteiger partial charge < -0.3 is 24.5 Å². The van der Waals surface area contributed by atoms with Gasteiger partial charge in [-0.2, -0.15) is 0 Å². The number of rotatable bonds is 9. The smallest absolute Gasteiger partial charge is 0.323 e. The molecule has 2 N–H and O–H groups in total. The van der Waals surface area contributed by atoms with Crippen LogP contribution in [0.4, 0.5) is 0 Å². The van der Waals surface area contributed by atoms with Gasteiger partial charge in [0, 0.05) is 36.1 Å². The minimum atomic E-state index is -1.06. The van der Waals surface area contributed by atoms with Gasteiger partial charge in [0.25, 0.3) is 0 Å². The molecule has 7 nitrogen and oxygen atoms in total. The molecule has 0 fully saturated rings. The summed E-state index contributed by atoms with van der Waals surface area (Å²) in [5, 5.41) is 10.3. The minimum Gasteiger partial charge on any atom is -0.497 e. The highest BCUT2D eigenvalue weighted by Crippen LogP contribution is 2.24. The summed E-state index contributed by atoms with van der Waals surface area (Å²) < 4.78 is 10.5. The molecule has 1 aromatic heterocycles. The van der Waals surface area contributed by atoms with Crippen molar-refractivity contribution in [3.05, 3.63) is 59.8 Å². The van der Waals surface area contributed by atoms with Crippen molar-refractivity contribution in [3.8, 4) is 11.5 Å². The maximum atomic E-state index is 12.8. The van der Waals surface area contributed by atoms with Gasteiger partial charge in [0.15, 0.2) is 0 Å². The number of benzene rings is 2. The van der Waals surface area contributed by atoms with Crippen LogP contribution in [0.15, 0.2) is 48.7 Å². The molecule has 152 valence electrons. The summed E-state index contributed by atoms with van der Waals surface area (Å²) in [6.45, 7) is -0.210. The molecule has 0 unspecified atom stereocenters. The lowest BCUT2D eigenvalue weighted by Crippen LogP contribution is -2.35. The average molecular weight is 396 g/mol. The number of fused-ring (bicyclic) bond motifs is 1. The lowest BCUT2D eigenvalue weighted by molar-refractivity contribution is -0.144. The number of carbonyl (C=O) groups excluding carboxylic acids is 1. The Morgan fingerprint density at radius 3 is 2.41 bits per heavy atom. The Bertz CT molecular complexity index is 989. The van der Waals surface area contributed by atoms with E-state index in [1.807, 2.05) is 30.5 Å². The van der Waals surface area contributed by atoms with E-state index in [4.69, 9.17) is 9.47 Å². The quantitative estimate of drug-likeness (QED) is 0.579. The molecule has 1 heterocycles. The van der Waals surface area contributed by atoms with Gasteiger partial charge in [-0.3, -0.25) is 9.59 Å². The highest BCUT2D eigenvalue weighted by molar-refractivity contribution is 5.85. The molecule has 0 bridgehead atoms. The fourth-order valence-corrected chi connectivity index (χ4v) is 3.31. The summed E-state index contributed by atoms with van der Waals surface area (Å²) in [7, 11) is 3.08. The molecule has 2 aromatic carbocycles. The third-order valence-electron chi connectivity index (χ3n) is 4.75. The van der Waals surface area contributed by atoms with Gasteiger partial charge in [0.2, 0.25) is 5.91 Å². The van der Waals surface area contributed by atoms with Crippen LogP contribution < -0.4 is 9.47 Å². The molecule has 1 amide bonds. The fraction of sp³-hybridized carbons (Fsp3) is 0.273. The van der Waals surface area contributed by atoms with Crippen LogP contribution in [0.25, 0.3) is 10.9 Å². The standard InChI is InChI=1S/C22H24N2O5/c1-28-17-9-15(10-18(11-17)29-2)13-24(14-22(26)27)21(25)8-7-16-12-23-20-6-4-3-5-19(16)20/h3-6,9-12,23H,7-8,13-14H2,1-2H3,(H,26,27). The number of para-hydroxylation sites is 1. The third kappa shape index (κ3) is 5.07. The zero-order valence-electron chi connectivity index (χ0n) is 16.5. The van der Waals surface area contributed by atoms with Crippen LogP contribution in [0.1, 0.15) is 17.5 Å². The van der Waals surface area contributed by atoms with Crippen molar-refractivity contribution < 1.29 is 24.2 Å². The number of methoxy groups -OCH3 is 2. The maximum Gasteiger partial charge on any atom is 0.323 e. The second kappa shape index (κ2) is 9.14. The van der Waals surface area contributed by atoms with Gasteiger partial charge in [-0.25, -0.2) is 0 Å². The predicted octanol–water partition coefficient (Wildman–Crippen LogP) is 3.23. The van der Waals surface area contributed by atoms with Gasteiger partial charge in [-0.1, -0.05) is 18.2 Å². The first-order chi connectivity index (χ1) is 14.0. The van der Waals surface area contributed by atoms with Crippen molar-refractivity contribution in [3.63, 3.8) is 0 Å². The number of nitrogens with one attached hydrogen (secondary N) is 1. The molecule has 0 spiro atoms. The Hall–Kier alpha value is -3.48. The summed E-state index contributed by atoms with van der Waals surface area (Å²) in [4.78, 5) is 28.7. The van der Waals surface area contributed by atoms with Crippen molar-refractivity contribution in [2.75, 3.05) is 20.8 Å². The molecule has 0 aliphatic heterocycles. The van der Waals surface area contributed by atoms with Crippen molar-refractivity contribution in [1.82, 2.24) is 9.88 Å². The SMILES string of the molecule is COc1cc(CN(CC(=O)O)C(=O)CCc2c[nH]c3ccccc23)cc(OC)c1. The van der Waals surface area contributed by atoms with E-state index in [-0.39, 0.29) is 25.4 Å². The first kappa shape index (κ1) is 20.3. The summed E-state index contributed by atoms with van der Waals surface area (Å²) in [6, 6.07) is 13.1. The zero-order valence-corrected chi connectivity index (χ0v) is 16.5. The lowest BCUT2D eigenvalue weighted by Gasteiger charge is -2.21. The number of hydrogen-bond acceptors (Lipinski definition) is 4. The molecular weight excluding hydrogens is 372 g/mol. The van der Waals surface area contributed by atoms with Crippen LogP contribution in [-0.4, -0.2) is 47.6 Å². The summed E-state index contributed by atoms with van der Waals surface area (Å²) in [6.07, 6.45) is 2.64. The summed E-state index contributed by atoms with van der Waals surface area (Å²) >= 11 is 0. The number of carboxylic acids is 1. The first-order valence-electron chi connectivity index (χ1n) is 9.26. The molecule has 29 heavy (non-hydrogen) atoms. The van der Waals surface area contributed by atoms with E-state index < -0.39 is 5.97 Å². The molecule has 7 heteroatoms. The monoisotopic (exact) mass is 396 g/mol. The van der Waals surface area contributed by atoms with Gasteiger partial charge in [-0.05, 0) is 35.7 Å². The number of aromatic amines is 1. The Morgan fingerprint density at radius 2 is 1.76 bits per heavy atom. The lowest BCUT2D eigenvalue weighted by atomic mass is 10.1. The predicted molar refractivity (Wildman–Crippen MR) is 109 cm³/mol. The van der Waals surface area contributed by atoms with Crippen LogP contribution in [-0.2, 0) is 22.6 Å². The Balaban J connectivity index is 1.74. The van der Waals surface area contributed by atoms with Gasteiger partial charge in [-0.15, -0.1) is 0 Å². The molecule has 0 atom stereocenters. The normalized spacial score (nSPS) is 10.7. The molecule has 0 radical (unpaired) electrons. The van der Waals surface area contributed by atoms with Crippen LogP contribution in [0.5, 0.6) is 11.5 Å². The van der Waals surface area contributed by atoms with Crippen molar-refractivity contribution in [2.24, 2.45) is 0 Å². The van der Waals surface area contributed by atoms with E-state index in [0.717, 1.165) is 22.0 Å². The number of hydrogen-bond donors (Lipinski definition) is 2. The minimum absolute atomic E-state index is 0.159. The van der Waals surface area contributed by atoms with Crippen molar-refractivity contribution >= 4 is 22.8 Å². The van der Waals surface area contributed by atoms with Crippen LogP contribution in [0, 0.1) is 0 Å². The van der Waals surface area contributed by atoms with Gasteiger partial charge >= 0.3 is 5.97 Å². The number of amides is 1. The van der Waals surface area contributed by atoms with E-state index in [2.05, 4.69) is 4.98 Å². The number of aryl methyl sites for hydroxylation is 1. The number of aromatic nitrogens is 1. The van der Waals surface area contributed by atoms with E-state index >= 15 is 0 Å². The molecule has 0 aliphatic rings. The molecule has 0 saturated heterocycles. The molecular formula is C22H24N2O5. The first-order valence-corrected chi connectivity index (χ1v) is 9.26. The molecule has 0 aliphatic carbocycles. The van der Waals surface area contributed by atoms with Crippen molar-refractivity contribution in [1.29, 1.82) is 0 Å². The van der Waals surface area contributed by atoms with Gasteiger partial charge in [0.1, 0.15) is 18.0 Å². The highest BCUT2D eigenvalue weighted by Gasteiger charge is 2.18. The Morgan fingerprint density at radius 1 is 1.07 bits per heavy atom. The summed E-state index contributed by atoms with van der Waals surface area (Å²) in [5.41, 5.74) is 2.79. The number of carboxylic acid groups (broad SMARTS) is 1. The number of aliphatic carboxylic acids is 1. The Labute approximate surface area is 168 Å². The maximum absolute atomic E-state index is 12.8.